The van der Waals surface area contributed by atoms with Gasteiger partial charge in [0, 0.05) is 12.3 Å². The summed E-state index contributed by atoms with van der Waals surface area (Å²) < 4.78 is 54.4. The molecule has 5 heterocycles. The molecule has 5 aliphatic heterocycles. The van der Waals surface area contributed by atoms with Gasteiger partial charge in [0.1, 0.15) is 97.7 Å². The number of rotatable bonds is 15. The van der Waals surface area contributed by atoms with E-state index in [0.29, 0.717) is 37.0 Å². The van der Waals surface area contributed by atoms with Gasteiger partial charge in [0.05, 0.1) is 50.5 Å². The second kappa shape index (κ2) is 22.7. The van der Waals surface area contributed by atoms with Crippen molar-refractivity contribution in [2.75, 3.05) is 26.4 Å². The Hall–Kier alpha value is -1.34. The largest absolute Gasteiger partial charge is 0.494 e. The fourth-order valence-electron chi connectivity index (χ4n) is 15.2. The zero-order valence-electron chi connectivity index (χ0n) is 42.9. The van der Waals surface area contributed by atoms with Gasteiger partial charge in [-0.15, -0.1) is 0 Å². The first kappa shape index (κ1) is 57.3. The van der Waals surface area contributed by atoms with Crippen molar-refractivity contribution in [2.45, 2.75) is 234 Å². The van der Waals surface area contributed by atoms with Crippen LogP contribution >= 0.6 is 0 Å². The predicted octanol–water partition coefficient (Wildman–Crippen LogP) is -3.01. The third-order valence-corrected chi connectivity index (χ3v) is 19.5. The first-order valence-electron chi connectivity index (χ1n) is 26.9. The summed E-state index contributed by atoms with van der Waals surface area (Å²) in [6.45, 7) is 8.55. The highest BCUT2D eigenvalue weighted by Crippen LogP contribution is 2.70. The van der Waals surface area contributed by atoms with E-state index in [2.05, 4.69) is 20.8 Å². The van der Waals surface area contributed by atoms with Gasteiger partial charge in [-0.2, -0.15) is 0 Å². The number of ether oxygens (including phenoxy) is 9. The van der Waals surface area contributed by atoms with E-state index < -0.39 is 155 Å². The van der Waals surface area contributed by atoms with Crippen LogP contribution in [0.15, 0.2) is 11.3 Å². The van der Waals surface area contributed by atoms with Gasteiger partial charge in [-0.1, -0.05) is 20.8 Å². The molecule has 74 heavy (non-hydrogen) atoms. The molecule has 9 aliphatic rings. The molecule has 8 fully saturated rings. The minimum atomic E-state index is -1.87. The maximum Gasteiger partial charge on any atom is 0.187 e. The van der Waals surface area contributed by atoms with Gasteiger partial charge in [0.15, 0.2) is 25.2 Å². The SMILES string of the molecule is CC1=C(CC[C@H](C)CO[C@@H]2O[C@H](CO)[C@@H](O)[C@H](O)[C@H]2O)O[C@H]2C[C@H]3[C@@H]4CC[C@H]5C[C@@H](O[C@@H]6O[C@H](CO)[C@@H](O[C@H]7O[C@H](CO)[C@@H](O)[C@H](O)[C@@H]7O)[C@H](O)[C@H]6O[C@@H]6O[C@@H](C)[C@H](O)[C@@H](O)[C@H]6O)[C@H](O)C[C@]5(C)[C@H]4CC[C@]3(C)[C@@H]12. The Morgan fingerprint density at radius 1 is 0.595 bits per heavy atom. The molecule has 23 heteroatoms. The van der Waals surface area contributed by atoms with Crippen LogP contribution in [0.4, 0.5) is 0 Å². The third kappa shape index (κ3) is 10.3. The topological polar surface area (TPSA) is 366 Å². The van der Waals surface area contributed by atoms with Crippen molar-refractivity contribution in [3.05, 3.63) is 11.3 Å². The Bertz CT molecular complexity index is 1910. The number of allylic oxidation sites excluding steroid dienone is 1. The van der Waals surface area contributed by atoms with Crippen LogP contribution in [0, 0.1) is 46.3 Å². The standard InChI is InChI=1S/C51H84O23/c1-19(18-66-46-40(62)38(60)35(57)30(15-52)70-46)6-9-27-20(2)33-29(68-27)13-25-23-8-7-22-12-28(26(55)14-51(22,5)24(23)10-11-50(25,33)4)69-49-45(74-47-41(63)37(59)34(56)21(3)67-47)43(65)44(32(17-54)72-49)73-48-42(64)39(61)36(58)31(16-53)71-48/h19,21-26,28-49,52-65H,6-18H2,1-5H3/t19-,21-,22-,23+,24-,25-,26+,28+,29-,30+,31+,32+,33-,34-,35+,36+,37+,38-,39-,40+,41+,42-,43-,44+,45+,46+,47-,48+,49+,50-,51-/m0/s1. The molecule has 0 aromatic carbocycles. The van der Waals surface area contributed by atoms with Crippen molar-refractivity contribution in [1.82, 2.24) is 0 Å². The number of aliphatic hydroxyl groups is 14. The Balaban J connectivity index is 0.850. The molecular weight excluding hydrogens is 981 g/mol. The number of hydrogen-bond acceptors (Lipinski definition) is 23. The Kier molecular flexibility index (Phi) is 17.6. The molecular formula is C51H84O23. The molecule has 0 unspecified atom stereocenters. The molecule has 4 saturated carbocycles. The first-order valence-corrected chi connectivity index (χ1v) is 26.9. The van der Waals surface area contributed by atoms with Gasteiger partial charge >= 0.3 is 0 Å². The van der Waals surface area contributed by atoms with Crippen molar-refractivity contribution in [2.24, 2.45) is 46.3 Å². The van der Waals surface area contributed by atoms with Crippen LogP contribution in [-0.2, 0) is 42.6 Å². The molecule has 9 rings (SSSR count). The molecule has 31 atom stereocenters. The predicted molar refractivity (Wildman–Crippen MR) is 250 cm³/mol. The molecule has 23 nitrogen and oxygen atoms in total. The molecule has 426 valence electrons. The summed E-state index contributed by atoms with van der Waals surface area (Å²) in [7, 11) is 0. The summed E-state index contributed by atoms with van der Waals surface area (Å²) in [4.78, 5) is 0. The number of fused-ring (bicyclic) bond motifs is 7. The van der Waals surface area contributed by atoms with E-state index in [1.54, 1.807) is 0 Å². The number of hydrogen-bond donors (Lipinski definition) is 14. The lowest BCUT2D eigenvalue weighted by molar-refractivity contribution is -0.392. The van der Waals surface area contributed by atoms with Crippen LogP contribution in [0.3, 0.4) is 0 Å². The van der Waals surface area contributed by atoms with Gasteiger partial charge in [-0.05, 0) is 111 Å². The highest BCUT2D eigenvalue weighted by atomic mass is 16.8. The van der Waals surface area contributed by atoms with Crippen LogP contribution in [0.25, 0.3) is 0 Å². The lowest BCUT2D eigenvalue weighted by atomic mass is 9.44. The normalized spacial score (nSPS) is 53.9. The van der Waals surface area contributed by atoms with Gasteiger partial charge in [0.2, 0.25) is 0 Å². The summed E-state index contributed by atoms with van der Waals surface area (Å²) in [5.74, 6) is 2.59. The third-order valence-electron chi connectivity index (χ3n) is 19.5. The Labute approximate surface area is 430 Å². The van der Waals surface area contributed by atoms with Gasteiger partial charge in [0.25, 0.3) is 0 Å². The molecule has 0 aromatic heterocycles. The second-order valence-corrected chi connectivity index (χ2v) is 23.8. The molecule has 4 saturated heterocycles. The van der Waals surface area contributed by atoms with E-state index in [4.69, 9.17) is 42.6 Å². The van der Waals surface area contributed by atoms with Crippen LogP contribution in [0.1, 0.15) is 92.4 Å². The van der Waals surface area contributed by atoms with Crippen LogP contribution < -0.4 is 0 Å². The smallest absolute Gasteiger partial charge is 0.187 e. The summed E-state index contributed by atoms with van der Waals surface area (Å²) in [6.07, 6.45) is -25.6. The minimum absolute atomic E-state index is 0.0148. The highest BCUT2D eigenvalue weighted by molar-refractivity contribution is 5.27. The molecule has 4 aliphatic carbocycles. The summed E-state index contributed by atoms with van der Waals surface area (Å²) in [5, 5.41) is 149. The average Bonchev–Trinajstić information content (AvgIpc) is 3.86. The highest BCUT2D eigenvalue weighted by Gasteiger charge is 2.66. The van der Waals surface area contributed by atoms with Gasteiger partial charge in [-0.25, -0.2) is 0 Å². The molecule has 0 aromatic rings. The molecule has 0 bridgehead atoms. The fraction of sp³-hybridized carbons (Fsp3) is 0.961. The lowest BCUT2D eigenvalue weighted by Crippen LogP contribution is -2.67. The van der Waals surface area contributed by atoms with Crippen LogP contribution in [-0.4, -0.2) is 239 Å². The van der Waals surface area contributed by atoms with Crippen molar-refractivity contribution in [1.29, 1.82) is 0 Å². The second-order valence-electron chi connectivity index (χ2n) is 23.8. The average molecular weight is 1070 g/mol. The first-order chi connectivity index (χ1) is 35.1. The van der Waals surface area contributed by atoms with Gasteiger partial charge in [-0.3, -0.25) is 0 Å². The number of aliphatic hydroxyl groups excluding tert-OH is 14. The van der Waals surface area contributed by atoms with E-state index in [1.165, 1.54) is 12.5 Å². The van der Waals surface area contributed by atoms with Crippen molar-refractivity contribution >= 4 is 0 Å². The quantitative estimate of drug-likeness (QED) is 0.0727. The van der Waals surface area contributed by atoms with E-state index in [0.717, 1.165) is 44.3 Å². The van der Waals surface area contributed by atoms with E-state index >= 15 is 0 Å². The summed E-state index contributed by atoms with van der Waals surface area (Å²) in [5.41, 5.74) is 1.05. The minimum Gasteiger partial charge on any atom is -0.494 e. The van der Waals surface area contributed by atoms with Crippen LogP contribution in [0.2, 0.25) is 0 Å². The van der Waals surface area contributed by atoms with E-state index in [1.807, 2.05) is 6.92 Å². The molecule has 0 radical (unpaired) electrons. The molecule has 14 N–H and O–H groups in total. The molecule has 0 amide bonds. The Morgan fingerprint density at radius 2 is 1.18 bits per heavy atom. The van der Waals surface area contributed by atoms with Crippen molar-refractivity contribution in [3.63, 3.8) is 0 Å². The summed E-state index contributed by atoms with van der Waals surface area (Å²) >= 11 is 0. The van der Waals surface area contributed by atoms with E-state index in [9.17, 15) is 71.5 Å². The van der Waals surface area contributed by atoms with Gasteiger partial charge < -0.3 is 114 Å². The maximum absolute atomic E-state index is 12.1. The maximum atomic E-state index is 12.1. The monoisotopic (exact) mass is 1060 g/mol. The van der Waals surface area contributed by atoms with E-state index in [-0.39, 0.29) is 41.3 Å². The fourth-order valence-corrected chi connectivity index (χ4v) is 15.2. The van der Waals surface area contributed by atoms with Crippen molar-refractivity contribution in [3.8, 4) is 0 Å². The zero-order valence-corrected chi connectivity index (χ0v) is 42.9. The van der Waals surface area contributed by atoms with Crippen molar-refractivity contribution < 1.29 is 114 Å². The lowest BCUT2D eigenvalue weighted by Gasteiger charge is -2.61. The summed E-state index contributed by atoms with van der Waals surface area (Å²) in [6, 6.07) is 0. The van der Waals surface area contributed by atoms with Crippen LogP contribution in [0.5, 0.6) is 0 Å². The zero-order chi connectivity index (χ0) is 53.5. The molecule has 0 spiro atoms. The Morgan fingerprint density at radius 3 is 1.82 bits per heavy atom.